The maximum absolute atomic E-state index is 12.5. The molecule has 0 atom stereocenters. The molecule has 5 nitrogen and oxygen atoms in total. The molecule has 9 heteroatoms. The van der Waals surface area contributed by atoms with Crippen LogP contribution in [0.25, 0.3) is 0 Å². The molecule has 0 aliphatic carbocycles. The Bertz CT molecular complexity index is 847. The number of alkyl halides is 3. The van der Waals surface area contributed by atoms with Crippen LogP contribution in [0.3, 0.4) is 0 Å². The van der Waals surface area contributed by atoms with E-state index in [9.17, 15) is 26.4 Å². The number of sulfone groups is 1. The minimum atomic E-state index is -4.61. The predicted molar refractivity (Wildman–Crippen MR) is 81.1 cm³/mol. The lowest BCUT2D eigenvalue weighted by Gasteiger charge is -2.09. The zero-order chi connectivity index (χ0) is 18.0. The van der Waals surface area contributed by atoms with Crippen molar-refractivity contribution < 1.29 is 26.4 Å². The number of hydrogen-bond acceptors (Lipinski definition) is 4. The van der Waals surface area contributed by atoms with Gasteiger partial charge in [0.1, 0.15) is 5.75 Å². The molecule has 0 aliphatic rings. The monoisotopic (exact) mass is 358 g/mol. The molecule has 0 aliphatic heterocycles. The quantitative estimate of drug-likeness (QED) is 0.912. The zero-order valence-electron chi connectivity index (χ0n) is 12.5. The first-order valence-corrected chi connectivity index (χ1v) is 8.36. The molecule has 0 fully saturated rings. The summed E-state index contributed by atoms with van der Waals surface area (Å²) in [5.74, 6) is -1.72. The fourth-order valence-corrected chi connectivity index (χ4v) is 2.93. The highest BCUT2D eigenvalue weighted by Crippen LogP contribution is 2.28. The molecule has 0 radical (unpaired) electrons. The van der Waals surface area contributed by atoms with Gasteiger partial charge in [0.25, 0.3) is 0 Å². The Kier molecular flexibility index (Phi) is 4.93. The van der Waals surface area contributed by atoms with Crippen molar-refractivity contribution in [1.29, 1.82) is 0 Å². The van der Waals surface area contributed by atoms with E-state index in [1.165, 1.54) is 0 Å². The van der Waals surface area contributed by atoms with Crippen LogP contribution in [-0.4, -0.2) is 25.1 Å². The number of nitrogens with zero attached hydrogens (tertiary/aromatic N) is 1. The number of benzene rings is 1. The van der Waals surface area contributed by atoms with Gasteiger partial charge in [0, 0.05) is 11.9 Å². The Morgan fingerprint density at radius 2 is 1.83 bits per heavy atom. The summed E-state index contributed by atoms with van der Waals surface area (Å²) in [6.45, 7) is 1.74. The number of carbonyl (C=O) groups is 1. The van der Waals surface area contributed by atoms with Crippen LogP contribution in [0, 0.1) is 6.92 Å². The van der Waals surface area contributed by atoms with Crippen molar-refractivity contribution in [2.45, 2.75) is 18.1 Å². The lowest BCUT2D eigenvalue weighted by Crippen LogP contribution is -2.24. The van der Waals surface area contributed by atoms with E-state index in [4.69, 9.17) is 0 Å². The molecule has 0 unspecified atom stereocenters. The lowest BCUT2D eigenvalue weighted by molar-refractivity contribution is -0.137. The van der Waals surface area contributed by atoms with Crippen molar-refractivity contribution in [2.24, 2.45) is 0 Å². The van der Waals surface area contributed by atoms with Gasteiger partial charge in [0.2, 0.25) is 15.7 Å². The van der Waals surface area contributed by atoms with Crippen LogP contribution < -0.4 is 5.32 Å². The molecule has 1 N–H and O–H groups in total. The van der Waals surface area contributed by atoms with Gasteiger partial charge in [-0.05, 0) is 30.7 Å². The number of anilines is 1. The fraction of sp³-hybridized carbons (Fsp3) is 0.200. The highest BCUT2D eigenvalue weighted by molar-refractivity contribution is 7.92. The third-order valence-corrected chi connectivity index (χ3v) is 4.64. The molecular formula is C15H13F3N2O3S. The number of halogens is 3. The standard InChI is InChI=1S/C15H13F3N2O3S/c1-10-4-2-3-5-12(10)20-13(21)9-24(22,23)14-7-6-11(8-19-14)15(16,17)18/h2-8H,9H2,1H3,(H,20,21). The minimum absolute atomic E-state index is 0.423. The molecule has 0 bridgehead atoms. The average Bonchev–Trinajstić information content (AvgIpc) is 2.48. The molecule has 1 aromatic carbocycles. The van der Waals surface area contributed by atoms with E-state index in [-0.39, 0.29) is 0 Å². The van der Waals surface area contributed by atoms with Crippen LogP contribution >= 0.6 is 0 Å². The van der Waals surface area contributed by atoms with Gasteiger partial charge in [-0.3, -0.25) is 4.79 Å². The van der Waals surface area contributed by atoms with Gasteiger partial charge >= 0.3 is 6.18 Å². The van der Waals surface area contributed by atoms with Crippen LogP contribution in [0.15, 0.2) is 47.6 Å². The van der Waals surface area contributed by atoms with Gasteiger partial charge in [0.05, 0.1) is 5.56 Å². The van der Waals surface area contributed by atoms with Gasteiger partial charge in [-0.15, -0.1) is 0 Å². The summed E-state index contributed by atoms with van der Waals surface area (Å²) in [4.78, 5) is 15.2. The Morgan fingerprint density at radius 1 is 1.17 bits per heavy atom. The third kappa shape index (κ3) is 4.31. The van der Waals surface area contributed by atoms with Crippen molar-refractivity contribution in [3.8, 4) is 0 Å². The molecule has 0 spiro atoms. The summed E-state index contributed by atoms with van der Waals surface area (Å²) in [5, 5.41) is 1.86. The molecular weight excluding hydrogens is 345 g/mol. The summed E-state index contributed by atoms with van der Waals surface area (Å²) < 4.78 is 61.5. The highest BCUT2D eigenvalue weighted by atomic mass is 32.2. The fourth-order valence-electron chi connectivity index (χ4n) is 1.88. The Morgan fingerprint density at radius 3 is 2.38 bits per heavy atom. The van der Waals surface area contributed by atoms with Gasteiger partial charge in [-0.25, -0.2) is 13.4 Å². The molecule has 0 saturated carbocycles. The molecule has 2 rings (SSSR count). The van der Waals surface area contributed by atoms with Crippen molar-refractivity contribution in [3.05, 3.63) is 53.7 Å². The Balaban J connectivity index is 2.13. The van der Waals surface area contributed by atoms with Crippen molar-refractivity contribution in [1.82, 2.24) is 4.98 Å². The van der Waals surface area contributed by atoms with Crippen molar-refractivity contribution >= 4 is 21.4 Å². The first kappa shape index (κ1) is 17.9. The second-order valence-electron chi connectivity index (χ2n) is 5.01. The topological polar surface area (TPSA) is 76.1 Å². The van der Waals surface area contributed by atoms with Gasteiger partial charge < -0.3 is 5.32 Å². The predicted octanol–water partition coefficient (Wildman–Crippen LogP) is 2.82. The number of nitrogens with one attached hydrogen (secondary N) is 1. The summed E-state index contributed by atoms with van der Waals surface area (Å²) in [6, 6.07) is 8.12. The van der Waals surface area contributed by atoms with E-state index in [1.807, 2.05) is 0 Å². The number of carbonyl (C=O) groups excluding carboxylic acids is 1. The number of aryl methyl sites for hydroxylation is 1. The van der Waals surface area contributed by atoms with Crippen LogP contribution in [0.4, 0.5) is 18.9 Å². The van der Waals surface area contributed by atoms with Crippen molar-refractivity contribution in [3.63, 3.8) is 0 Å². The maximum Gasteiger partial charge on any atom is 0.417 e. The van der Waals surface area contributed by atoms with E-state index in [2.05, 4.69) is 10.3 Å². The highest BCUT2D eigenvalue weighted by Gasteiger charge is 2.31. The second kappa shape index (κ2) is 6.60. The van der Waals surface area contributed by atoms with Gasteiger partial charge in [0.15, 0.2) is 5.03 Å². The van der Waals surface area contributed by atoms with E-state index in [0.717, 1.165) is 11.6 Å². The summed E-state index contributed by atoms with van der Waals surface area (Å²) >= 11 is 0. The first-order chi connectivity index (χ1) is 11.1. The number of aromatic nitrogens is 1. The van der Waals surface area contributed by atoms with E-state index >= 15 is 0 Å². The van der Waals surface area contributed by atoms with Crippen LogP contribution in [0.1, 0.15) is 11.1 Å². The molecule has 128 valence electrons. The van der Waals surface area contributed by atoms with Crippen molar-refractivity contribution in [2.75, 3.05) is 11.1 Å². The number of pyridine rings is 1. The van der Waals surface area contributed by atoms with E-state index < -0.39 is 38.3 Å². The van der Waals surface area contributed by atoms with Crippen LogP contribution in [0.2, 0.25) is 0 Å². The van der Waals surface area contributed by atoms with E-state index in [0.29, 0.717) is 18.0 Å². The molecule has 1 amide bonds. The summed E-state index contributed by atoms with van der Waals surface area (Å²) in [5.41, 5.74) is 0.139. The second-order valence-corrected chi connectivity index (χ2v) is 6.94. The van der Waals surface area contributed by atoms with Crippen LogP contribution in [-0.2, 0) is 20.8 Å². The number of rotatable bonds is 4. The number of hydrogen-bond donors (Lipinski definition) is 1. The Labute approximate surface area is 136 Å². The molecule has 1 aromatic heterocycles. The molecule has 1 heterocycles. The zero-order valence-corrected chi connectivity index (χ0v) is 13.3. The number of para-hydroxylation sites is 1. The first-order valence-electron chi connectivity index (χ1n) is 6.71. The SMILES string of the molecule is Cc1ccccc1NC(=O)CS(=O)(=O)c1ccc(C(F)(F)F)cn1. The lowest BCUT2D eigenvalue weighted by atomic mass is 10.2. The minimum Gasteiger partial charge on any atom is -0.325 e. The number of amides is 1. The van der Waals surface area contributed by atoms with Crippen LogP contribution in [0.5, 0.6) is 0 Å². The third-order valence-electron chi connectivity index (χ3n) is 3.12. The molecule has 24 heavy (non-hydrogen) atoms. The average molecular weight is 358 g/mol. The largest absolute Gasteiger partial charge is 0.417 e. The molecule has 0 saturated heterocycles. The summed E-state index contributed by atoms with van der Waals surface area (Å²) in [6.07, 6.45) is -4.19. The normalized spacial score (nSPS) is 12.0. The summed E-state index contributed by atoms with van der Waals surface area (Å²) in [7, 11) is -4.15. The Hall–Kier alpha value is -2.42. The smallest absolute Gasteiger partial charge is 0.325 e. The maximum atomic E-state index is 12.5. The van der Waals surface area contributed by atoms with E-state index in [1.54, 1.807) is 31.2 Å². The van der Waals surface area contributed by atoms with Gasteiger partial charge in [-0.1, -0.05) is 18.2 Å². The molecule has 2 aromatic rings. The van der Waals surface area contributed by atoms with Gasteiger partial charge in [-0.2, -0.15) is 13.2 Å².